The minimum atomic E-state index is -3.80. The number of halogens is 1. The fourth-order valence-corrected chi connectivity index (χ4v) is 6.28. The fraction of sp³-hybridized carbons (Fsp3) is 0.586. The molecule has 220 valence electrons. The molecule has 39 heavy (non-hydrogen) atoms. The second-order valence-corrected chi connectivity index (χ2v) is 18.6. The maximum absolute atomic E-state index is 13.4. The Hall–Kier alpha value is -1.82. The van der Waals surface area contributed by atoms with E-state index in [9.17, 15) is 12.8 Å². The summed E-state index contributed by atoms with van der Waals surface area (Å²) < 4.78 is 59.0. The van der Waals surface area contributed by atoms with E-state index in [-0.39, 0.29) is 34.5 Å². The van der Waals surface area contributed by atoms with Crippen molar-refractivity contribution in [2.24, 2.45) is 5.92 Å². The van der Waals surface area contributed by atoms with Crippen LogP contribution >= 0.6 is 0 Å². The van der Waals surface area contributed by atoms with Gasteiger partial charge in [-0.05, 0) is 72.9 Å². The van der Waals surface area contributed by atoms with Crippen molar-refractivity contribution in [2.75, 3.05) is 33.9 Å². The van der Waals surface area contributed by atoms with E-state index in [2.05, 4.69) is 53.0 Å². The van der Waals surface area contributed by atoms with Gasteiger partial charge < -0.3 is 19.2 Å². The summed E-state index contributed by atoms with van der Waals surface area (Å²) in [6.45, 7) is 16.9. The lowest BCUT2D eigenvalue weighted by Crippen LogP contribution is -2.51. The van der Waals surface area contributed by atoms with Crippen LogP contribution in [0, 0.1) is 11.7 Å². The van der Waals surface area contributed by atoms with Gasteiger partial charge in [-0.25, -0.2) is 12.8 Å². The molecular formula is C29H47FN2O5SSi. The van der Waals surface area contributed by atoms with E-state index in [1.807, 2.05) is 24.3 Å². The summed E-state index contributed by atoms with van der Waals surface area (Å²) in [7, 11) is -2.80. The molecule has 0 aliphatic carbocycles. The summed E-state index contributed by atoms with van der Waals surface area (Å²) in [5.74, 6) is 0.361. The number of nitrogens with one attached hydrogen (secondary N) is 1. The second-order valence-electron chi connectivity index (χ2n) is 11.8. The third-order valence-electron chi connectivity index (χ3n) is 7.43. The van der Waals surface area contributed by atoms with Crippen LogP contribution in [0.25, 0.3) is 0 Å². The average Bonchev–Trinajstić information content (AvgIpc) is 2.86. The molecule has 0 radical (unpaired) electrons. The highest BCUT2D eigenvalue weighted by molar-refractivity contribution is 7.89. The van der Waals surface area contributed by atoms with Crippen molar-refractivity contribution >= 4 is 18.3 Å². The number of benzene rings is 2. The minimum Gasteiger partial charge on any atom is -0.497 e. The molecule has 2 aromatic rings. The molecule has 0 aliphatic heterocycles. The second kappa shape index (κ2) is 14.2. The van der Waals surface area contributed by atoms with Crippen molar-refractivity contribution < 1.29 is 26.7 Å². The van der Waals surface area contributed by atoms with Gasteiger partial charge in [0.25, 0.3) is 0 Å². The first-order valence-electron chi connectivity index (χ1n) is 13.4. The molecule has 0 amide bonds. The van der Waals surface area contributed by atoms with Gasteiger partial charge in [-0.15, -0.1) is 0 Å². The van der Waals surface area contributed by atoms with E-state index in [0.717, 1.165) is 23.4 Å². The van der Waals surface area contributed by atoms with E-state index in [1.165, 1.54) is 16.4 Å². The first kappa shape index (κ1) is 33.4. The van der Waals surface area contributed by atoms with Crippen LogP contribution in [0.3, 0.4) is 0 Å². The van der Waals surface area contributed by atoms with Gasteiger partial charge >= 0.3 is 0 Å². The van der Waals surface area contributed by atoms with Crippen LogP contribution < -0.4 is 10.1 Å². The Morgan fingerprint density at radius 3 is 2.15 bits per heavy atom. The van der Waals surface area contributed by atoms with E-state index in [0.29, 0.717) is 19.8 Å². The summed E-state index contributed by atoms with van der Waals surface area (Å²) in [6, 6.07) is 12.8. The third kappa shape index (κ3) is 9.95. The van der Waals surface area contributed by atoms with Gasteiger partial charge in [0, 0.05) is 26.2 Å². The molecule has 7 nitrogen and oxygen atoms in total. The number of methoxy groups -OCH3 is 1. The maximum Gasteiger partial charge on any atom is 0.242 e. The summed E-state index contributed by atoms with van der Waals surface area (Å²) in [4.78, 5) is 0.0610. The zero-order chi connectivity index (χ0) is 29.4. The standard InChI is InChI=1S/C29H47FN2O5SSi/c1-22(18-31-23(2)20-36-21-24-10-14-26(35-7)15-11-24)28(37-39(8,9)29(3,4)5)19-32(6)38(33,34)27-16-12-25(30)13-17-27/h10-17,22-23,28,31H,18-21H2,1-9H3/t22-,23+,28+/m1/s1. The number of rotatable bonds is 15. The SMILES string of the molecule is COc1ccc(COC[C@H](C)NC[C@@H](C)[C@H](CN(C)S(=O)(=O)c2ccc(F)cc2)O[Si](C)(C)C(C)(C)C)cc1. The summed E-state index contributed by atoms with van der Waals surface area (Å²) >= 11 is 0. The molecule has 2 rings (SSSR count). The molecule has 0 fully saturated rings. The molecule has 0 spiro atoms. The number of sulfonamides is 1. The van der Waals surface area contributed by atoms with Crippen LogP contribution in [0.2, 0.25) is 18.1 Å². The Labute approximate surface area is 236 Å². The molecule has 3 atom stereocenters. The van der Waals surface area contributed by atoms with Gasteiger partial charge in [0.1, 0.15) is 11.6 Å². The van der Waals surface area contributed by atoms with Gasteiger partial charge in [0.2, 0.25) is 10.0 Å². The van der Waals surface area contributed by atoms with Gasteiger partial charge in [-0.1, -0.05) is 39.8 Å². The Morgan fingerprint density at radius 1 is 1.03 bits per heavy atom. The Balaban J connectivity index is 2.04. The summed E-state index contributed by atoms with van der Waals surface area (Å²) in [5, 5.41) is 3.49. The highest BCUT2D eigenvalue weighted by Crippen LogP contribution is 2.38. The van der Waals surface area contributed by atoms with Gasteiger partial charge in [-0.2, -0.15) is 4.31 Å². The Bertz CT molecular complexity index is 1120. The van der Waals surface area contributed by atoms with Crippen molar-refractivity contribution in [3.8, 4) is 5.75 Å². The number of hydrogen-bond donors (Lipinski definition) is 1. The van der Waals surface area contributed by atoms with Crippen LogP contribution in [0.1, 0.15) is 40.2 Å². The van der Waals surface area contributed by atoms with Crippen LogP contribution in [0.4, 0.5) is 4.39 Å². The first-order chi connectivity index (χ1) is 18.1. The van der Waals surface area contributed by atoms with E-state index < -0.39 is 24.2 Å². The van der Waals surface area contributed by atoms with Gasteiger partial charge in [0.05, 0.1) is 31.3 Å². The third-order valence-corrected chi connectivity index (χ3v) is 13.8. The smallest absolute Gasteiger partial charge is 0.242 e. The minimum absolute atomic E-state index is 0.0223. The predicted octanol–water partition coefficient (Wildman–Crippen LogP) is 5.68. The molecule has 0 aliphatic rings. The lowest BCUT2D eigenvalue weighted by Gasteiger charge is -2.42. The van der Waals surface area contributed by atoms with E-state index >= 15 is 0 Å². The molecule has 0 unspecified atom stereocenters. The largest absolute Gasteiger partial charge is 0.497 e. The Kier molecular flexibility index (Phi) is 12.1. The Morgan fingerprint density at radius 2 is 1.62 bits per heavy atom. The van der Waals surface area contributed by atoms with Crippen LogP contribution in [-0.4, -0.2) is 67.0 Å². The van der Waals surface area contributed by atoms with Crippen molar-refractivity contribution in [1.82, 2.24) is 9.62 Å². The van der Waals surface area contributed by atoms with Crippen LogP contribution in [0.15, 0.2) is 53.4 Å². The fourth-order valence-electron chi connectivity index (χ4n) is 3.68. The molecule has 0 heterocycles. The predicted molar refractivity (Wildman–Crippen MR) is 158 cm³/mol. The van der Waals surface area contributed by atoms with Gasteiger partial charge in [-0.3, -0.25) is 0 Å². The van der Waals surface area contributed by atoms with Crippen molar-refractivity contribution in [3.63, 3.8) is 0 Å². The molecule has 1 N–H and O–H groups in total. The zero-order valence-electron chi connectivity index (χ0n) is 25.0. The highest BCUT2D eigenvalue weighted by Gasteiger charge is 2.41. The molecule has 0 saturated carbocycles. The quantitative estimate of drug-likeness (QED) is 0.273. The molecule has 0 bridgehead atoms. The topological polar surface area (TPSA) is 77.1 Å². The molecule has 0 saturated heterocycles. The van der Waals surface area contributed by atoms with Gasteiger partial charge in [0.15, 0.2) is 8.32 Å². The number of likely N-dealkylation sites (N-methyl/N-ethyl adjacent to an activating group) is 1. The van der Waals surface area contributed by atoms with E-state index in [4.69, 9.17) is 13.9 Å². The first-order valence-corrected chi connectivity index (χ1v) is 17.8. The molecule has 0 aromatic heterocycles. The highest BCUT2D eigenvalue weighted by atomic mass is 32.2. The zero-order valence-corrected chi connectivity index (χ0v) is 26.8. The molecule has 10 heteroatoms. The number of hydrogen-bond acceptors (Lipinski definition) is 6. The summed E-state index contributed by atoms with van der Waals surface area (Å²) in [6.07, 6.45) is -0.328. The number of ether oxygens (including phenoxy) is 2. The molecule has 2 aromatic carbocycles. The normalized spacial score (nSPS) is 15.3. The van der Waals surface area contributed by atoms with Crippen LogP contribution in [0.5, 0.6) is 5.75 Å². The van der Waals surface area contributed by atoms with Crippen molar-refractivity contribution in [3.05, 3.63) is 59.9 Å². The van der Waals surface area contributed by atoms with Crippen LogP contribution in [-0.2, 0) is 25.8 Å². The van der Waals surface area contributed by atoms with Crippen molar-refractivity contribution in [1.29, 1.82) is 0 Å². The molecular weight excluding hydrogens is 535 g/mol. The number of nitrogens with zero attached hydrogens (tertiary/aromatic N) is 1. The summed E-state index contributed by atoms with van der Waals surface area (Å²) in [5.41, 5.74) is 1.07. The van der Waals surface area contributed by atoms with E-state index in [1.54, 1.807) is 14.2 Å². The monoisotopic (exact) mass is 582 g/mol. The maximum atomic E-state index is 13.4. The van der Waals surface area contributed by atoms with Crippen molar-refractivity contribution in [2.45, 2.75) is 76.4 Å². The lowest BCUT2D eigenvalue weighted by molar-refractivity contribution is 0.0878. The average molecular weight is 583 g/mol. The lowest BCUT2D eigenvalue weighted by atomic mass is 10.0.